The number of aromatic nitrogens is 4. The SMILES string of the molecule is COc1ccc(-c2nn3c(CSC45CC6CC(CC(C6)C4)C5)nnc3s2)cc1. The lowest BCUT2D eigenvalue weighted by atomic mass is 9.56. The Balaban J connectivity index is 1.23. The number of rotatable bonds is 5. The van der Waals surface area contributed by atoms with Crippen molar-refractivity contribution in [2.75, 3.05) is 7.11 Å². The Bertz CT molecular complexity index is 974. The van der Waals surface area contributed by atoms with Gasteiger partial charge in [0.25, 0.3) is 0 Å². The van der Waals surface area contributed by atoms with Gasteiger partial charge in [0.2, 0.25) is 4.96 Å². The monoisotopic (exact) mass is 412 g/mol. The highest BCUT2D eigenvalue weighted by molar-refractivity contribution is 7.99. The predicted molar refractivity (Wildman–Crippen MR) is 113 cm³/mol. The van der Waals surface area contributed by atoms with E-state index in [1.807, 2.05) is 28.8 Å². The minimum absolute atomic E-state index is 0.495. The molecule has 146 valence electrons. The van der Waals surface area contributed by atoms with Crippen LogP contribution in [0, 0.1) is 17.8 Å². The molecule has 1 aromatic carbocycles. The van der Waals surface area contributed by atoms with Crippen molar-refractivity contribution in [2.24, 2.45) is 17.8 Å². The molecule has 4 saturated carbocycles. The topological polar surface area (TPSA) is 52.3 Å². The standard InChI is InChI=1S/C21H24N4OS2/c1-26-17-4-2-16(3-5-17)19-24-25-18(22-23-20(25)28-19)12-27-21-9-13-6-14(10-21)8-15(7-13)11-21/h2-5,13-15H,6-12H2,1H3. The van der Waals surface area contributed by atoms with Gasteiger partial charge in [-0.25, -0.2) is 0 Å². The van der Waals surface area contributed by atoms with Gasteiger partial charge in [-0.3, -0.25) is 0 Å². The van der Waals surface area contributed by atoms with E-state index in [0.29, 0.717) is 4.75 Å². The molecule has 2 heterocycles. The van der Waals surface area contributed by atoms with Crippen molar-refractivity contribution in [3.05, 3.63) is 30.1 Å². The molecule has 4 fully saturated rings. The minimum Gasteiger partial charge on any atom is -0.497 e. The number of hydrogen-bond donors (Lipinski definition) is 0. The zero-order valence-corrected chi connectivity index (χ0v) is 17.6. The van der Waals surface area contributed by atoms with Crippen molar-refractivity contribution < 1.29 is 4.74 Å². The maximum Gasteiger partial charge on any atom is 0.235 e. The van der Waals surface area contributed by atoms with Crippen LogP contribution in [0.4, 0.5) is 0 Å². The summed E-state index contributed by atoms with van der Waals surface area (Å²) in [5.74, 6) is 5.72. The molecule has 3 aromatic rings. The average Bonchev–Trinajstić information content (AvgIpc) is 3.26. The van der Waals surface area contributed by atoms with Crippen LogP contribution in [0.3, 0.4) is 0 Å². The molecule has 7 heteroatoms. The van der Waals surface area contributed by atoms with Crippen LogP contribution in [-0.2, 0) is 5.75 Å². The van der Waals surface area contributed by atoms with Crippen LogP contribution in [-0.4, -0.2) is 31.7 Å². The van der Waals surface area contributed by atoms with Crippen LogP contribution in [0.1, 0.15) is 44.3 Å². The predicted octanol–water partition coefficient (Wildman–Crippen LogP) is 5.06. The molecule has 0 radical (unpaired) electrons. The number of benzene rings is 1. The molecule has 0 N–H and O–H groups in total. The molecule has 0 unspecified atom stereocenters. The van der Waals surface area contributed by atoms with Gasteiger partial charge in [-0.2, -0.15) is 9.61 Å². The molecule has 0 amide bonds. The Hall–Kier alpha value is -1.60. The van der Waals surface area contributed by atoms with Gasteiger partial charge < -0.3 is 4.74 Å². The van der Waals surface area contributed by atoms with E-state index in [0.717, 1.165) is 50.6 Å². The zero-order chi connectivity index (χ0) is 18.7. The Morgan fingerprint density at radius 2 is 1.75 bits per heavy atom. The lowest BCUT2D eigenvalue weighted by Crippen LogP contribution is -2.48. The summed E-state index contributed by atoms with van der Waals surface area (Å²) in [5.41, 5.74) is 1.09. The first-order valence-corrected chi connectivity index (χ1v) is 12.0. The fraction of sp³-hybridized carbons (Fsp3) is 0.571. The molecular formula is C21H24N4OS2. The second-order valence-corrected chi connectivity index (χ2v) is 11.2. The van der Waals surface area contributed by atoms with Crippen molar-refractivity contribution in [2.45, 2.75) is 49.0 Å². The van der Waals surface area contributed by atoms with Gasteiger partial charge in [0.05, 0.1) is 12.9 Å². The molecule has 4 aliphatic carbocycles. The number of hydrogen-bond acceptors (Lipinski definition) is 6. The third kappa shape index (κ3) is 2.86. The van der Waals surface area contributed by atoms with Crippen molar-refractivity contribution in [1.82, 2.24) is 19.8 Å². The first kappa shape index (κ1) is 17.3. The van der Waals surface area contributed by atoms with Crippen molar-refractivity contribution in [1.29, 1.82) is 0 Å². The highest BCUT2D eigenvalue weighted by atomic mass is 32.2. The van der Waals surface area contributed by atoms with Crippen LogP contribution < -0.4 is 4.74 Å². The first-order chi connectivity index (χ1) is 13.7. The Morgan fingerprint density at radius 3 is 2.39 bits per heavy atom. The molecule has 4 bridgehead atoms. The Labute approximate surface area is 172 Å². The summed E-state index contributed by atoms with van der Waals surface area (Å²) in [4.78, 5) is 0.881. The van der Waals surface area contributed by atoms with Crippen molar-refractivity contribution in [3.8, 4) is 16.3 Å². The molecule has 0 saturated heterocycles. The highest BCUT2D eigenvalue weighted by Gasteiger charge is 2.51. The summed E-state index contributed by atoms with van der Waals surface area (Å²) in [6, 6.07) is 8.05. The summed E-state index contributed by atoms with van der Waals surface area (Å²) < 4.78 is 7.70. The number of methoxy groups -OCH3 is 1. The van der Waals surface area contributed by atoms with Crippen LogP contribution >= 0.6 is 23.1 Å². The molecule has 28 heavy (non-hydrogen) atoms. The zero-order valence-electron chi connectivity index (χ0n) is 16.0. The first-order valence-electron chi connectivity index (χ1n) is 10.2. The lowest BCUT2D eigenvalue weighted by molar-refractivity contribution is 0.0383. The summed E-state index contributed by atoms with van der Waals surface area (Å²) in [6.45, 7) is 0. The summed E-state index contributed by atoms with van der Waals surface area (Å²) in [6.07, 6.45) is 8.73. The number of fused-ring (bicyclic) bond motifs is 1. The van der Waals surface area contributed by atoms with Crippen LogP contribution in [0.15, 0.2) is 24.3 Å². The van der Waals surface area contributed by atoms with Crippen LogP contribution in [0.5, 0.6) is 5.75 Å². The number of thioether (sulfide) groups is 1. The third-order valence-corrected chi connectivity index (χ3v) is 9.34. The smallest absolute Gasteiger partial charge is 0.235 e. The normalized spacial score (nSPS) is 31.0. The van der Waals surface area contributed by atoms with Crippen LogP contribution in [0.25, 0.3) is 15.5 Å². The van der Waals surface area contributed by atoms with Gasteiger partial charge in [0.1, 0.15) is 10.8 Å². The fourth-order valence-corrected chi connectivity index (χ4v) is 8.56. The van der Waals surface area contributed by atoms with E-state index in [1.165, 1.54) is 38.5 Å². The van der Waals surface area contributed by atoms with E-state index in [9.17, 15) is 0 Å². The van der Waals surface area contributed by atoms with Gasteiger partial charge in [0, 0.05) is 10.3 Å². The molecule has 0 aliphatic heterocycles. The second-order valence-electron chi connectivity index (χ2n) is 8.84. The van der Waals surface area contributed by atoms with Gasteiger partial charge in [0.15, 0.2) is 5.82 Å². The maximum absolute atomic E-state index is 5.25. The van der Waals surface area contributed by atoms with E-state index >= 15 is 0 Å². The summed E-state index contributed by atoms with van der Waals surface area (Å²) >= 11 is 3.74. The minimum atomic E-state index is 0.495. The lowest BCUT2D eigenvalue weighted by Gasteiger charge is -2.56. The largest absolute Gasteiger partial charge is 0.497 e. The van der Waals surface area contributed by atoms with E-state index in [-0.39, 0.29) is 0 Å². The van der Waals surface area contributed by atoms with E-state index in [1.54, 1.807) is 18.4 Å². The summed E-state index contributed by atoms with van der Waals surface area (Å²) in [7, 11) is 1.69. The molecule has 7 rings (SSSR count). The quantitative estimate of drug-likeness (QED) is 0.586. The molecular weight excluding hydrogens is 388 g/mol. The van der Waals surface area contributed by atoms with E-state index < -0.39 is 0 Å². The molecule has 0 spiro atoms. The molecule has 4 aliphatic rings. The van der Waals surface area contributed by atoms with Gasteiger partial charge >= 0.3 is 0 Å². The van der Waals surface area contributed by atoms with Crippen molar-refractivity contribution in [3.63, 3.8) is 0 Å². The summed E-state index contributed by atoms with van der Waals surface area (Å²) in [5, 5.41) is 14.6. The maximum atomic E-state index is 5.25. The van der Waals surface area contributed by atoms with Crippen molar-refractivity contribution >= 4 is 28.1 Å². The van der Waals surface area contributed by atoms with Gasteiger partial charge in [-0.1, -0.05) is 11.3 Å². The van der Waals surface area contributed by atoms with E-state index in [4.69, 9.17) is 9.84 Å². The Kier molecular flexibility index (Phi) is 3.98. The molecule has 0 atom stereocenters. The average molecular weight is 413 g/mol. The number of ether oxygens (including phenoxy) is 1. The number of nitrogens with zero attached hydrogens (tertiary/aromatic N) is 4. The van der Waals surface area contributed by atoms with E-state index in [2.05, 4.69) is 22.0 Å². The van der Waals surface area contributed by atoms with Gasteiger partial charge in [-0.05, 0) is 80.5 Å². The third-order valence-electron chi connectivity index (χ3n) is 6.88. The van der Waals surface area contributed by atoms with Gasteiger partial charge in [-0.15, -0.1) is 22.0 Å². The fourth-order valence-electron chi connectivity index (χ4n) is 6.02. The highest BCUT2D eigenvalue weighted by Crippen LogP contribution is 2.61. The molecule has 2 aromatic heterocycles. The Morgan fingerprint density at radius 1 is 1.07 bits per heavy atom. The second kappa shape index (κ2) is 6.46. The van der Waals surface area contributed by atoms with Crippen LogP contribution in [0.2, 0.25) is 0 Å². The molecule has 5 nitrogen and oxygen atoms in total.